The van der Waals surface area contributed by atoms with Gasteiger partial charge in [-0.05, 0) is 19.0 Å². The number of ether oxygens (including phenoxy) is 1. The Morgan fingerprint density at radius 3 is 2.83 bits per heavy atom. The molecule has 4 heteroatoms. The molecule has 0 saturated carbocycles. The van der Waals surface area contributed by atoms with Crippen LogP contribution in [0.3, 0.4) is 0 Å². The van der Waals surface area contributed by atoms with Crippen LogP contribution in [-0.4, -0.2) is 36.3 Å². The Morgan fingerprint density at radius 2 is 2.22 bits per heavy atom. The zero-order chi connectivity index (χ0) is 12.8. The summed E-state index contributed by atoms with van der Waals surface area (Å²) in [6, 6.07) is 10.3. The van der Waals surface area contributed by atoms with Crippen LogP contribution in [0.5, 0.6) is 0 Å². The van der Waals surface area contributed by atoms with Crippen LogP contribution < -0.4 is 5.32 Å². The molecular weight excluding hydrogens is 246 g/mol. The van der Waals surface area contributed by atoms with E-state index in [-0.39, 0.29) is 0 Å². The average molecular weight is 267 g/mol. The molecule has 1 saturated heterocycles. The highest BCUT2D eigenvalue weighted by atomic mass is 32.2. The van der Waals surface area contributed by atoms with Crippen LogP contribution in [0.15, 0.2) is 30.3 Å². The number of benzene rings is 1. The summed E-state index contributed by atoms with van der Waals surface area (Å²) in [4.78, 5) is 0. The lowest BCUT2D eigenvalue weighted by Crippen LogP contribution is -2.38. The van der Waals surface area contributed by atoms with E-state index in [0.29, 0.717) is 23.5 Å². The molecule has 1 aromatic rings. The van der Waals surface area contributed by atoms with E-state index in [1.54, 1.807) is 0 Å². The second kappa shape index (κ2) is 7.02. The van der Waals surface area contributed by atoms with Crippen LogP contribution >= 0.6 is 0 Å². The molecule has 18 heavy (non-hydrogen) atoms. The van der Waals surface area contributed by atoms with Crippen molar-refractivity contribution in [2.45, 2.75) is 18.2 Å². The van der Waals surface area contributed by atoms with E-state index in [4.69, 9.17) is 4.74 Å². The van der Waals surface area contributed by atoms with Crippen molar-refractivity contribution < 1.29 is 8.95 Å². The van der Waals surface area contributed by atoms with Crippen molar-refractivity contribution in [3.05, 3.63) is 35.9 Å². The van der Waals surface area contributed by atoms with Gasteiger partial charge < -0.3 is 10.1 Å². The molecule has 1 heterocycles. The summed E-state index contributed by atoms with van der Waals surface area (Å²) in [5, 5.41) is 3.29. The van der Waals surface area contributed by atoms with Crippen LogP contribution in [0.4, 0.5) is 0 Å². The monoisotopic (exact) mass is 267 g/mol. The third-order valence-corrected chi connectivity index (χ3v) is 4.83. The Kier molecular flexibility index (Phi) is 5.35. The highest BCUT2D eigenvalue weighted by Gasteiger charge is 2.25. The number of hydrogen-bond acceptors (Lipinski definition) is 3. The maximum absolute atomic E-state index is 12.2. The highest BCUT2D eigenvalue weighted by Crippen LogP contribution is 2.18. The summed E-state index contributed by atoms with van der Waals surface area (Å²) in [6.07, 6.45) is 1.08. The van der Waals surface area contributed by atoms with Gasteiger partial charge in [0.1, 0.15) is 0 Å². The molecule has 0 aliphatic carbocycles. The van der Waals surface area contributed by atoms with Crippen LogP contribution in [0.25, 0.3) is 0 Å². The molecule has 0 bridgehead atoms. The molecule has 0 aromatic heterocycles. The largest absolute Gasteiger partial charge is 0.381 e. The Bertz CT molecular complexity index is 377. The molecular formula is C14H21NO2S. The minimum absolute atomic E-state index is 0.303. The van der Waals surface area contributed by atoms with Crippen molar-refractivity contribution in [3.63, 3.8) is 0 Å². The summed E-state index contributed by atoms with van der Waals surface area (Å²) in [5.74, 6) is 1.86. The van der Waals surface area contributed by atoms with Crippen molar-refractivity contribution in [2.24, 2.45) is 5.92 Å². The average Bonchev–Trinajstić information content (AvgIpc) is 2.91. The van der Waals surface area contributed by atoms with Gasteiger partial charge in [0.2, 0.25) is 0 Å². The van der Waals surface area contributed by atoms with Crippen molar-refractivity contribution >= 4 is 10.8 Å². The molecule has 1 N–H and O–H groups in total. The van der Waals surface area contributed by atoms with E-state index in [1.807, 2.05) is 37.4 Å². The fourth-order valence-electron chi connectivity index (χ4n) is 2.34. The number of nitrogens with one attached hydrogen (secondary N) is 1. The predicted octanol–water partition coefficient (Wildman–Crippen LogP) is 1.56. The van der Waals surface area contributed by atoms with Gasteiger partial charge in [-0.2, -0.15) is 0 Å². The van der Waals surface area contributed by atoms with Gasteiger partial charge in [0.15, 0.2) is 0 Å². The van der Waals surface area contributed by atoms with E-state index < -0.39 is 10.8 Å². The first-order chi connectivity index (χ1) is 8.79. The fraction of sp³-hybridized carbons (Fsp3) is 0.571. The molecule has 3 nitrogen and oxygen atoms in total. The number of hydrogen-bond donors (Lipinski definition) is 1. The molecule has 0 amide bonds. The fourth-order valence-corrected chi connectivity index (χ4v) is 3.87. The molecule has 3 unspecified atom stereocenters. The van der Waals surface area contributed by atoms with E-state index in [1.165, 1.54) is 0 Å². The molecule has 1 aliphatic heterocycles. The molecule has 1 fully saturated rings. The lowest BCUT2D eigenvalue weighted by molar-refractivity contribution is 0.179. The van der Waals surface area contributed by atoms with Crippen LogP contribution in [0, 0.1) is 5.92 Å². The lowest BCUT2D eigenvalue weighted by Gasteiger charge is -2.21. The van der Waals surface area contributed by atoms with Gasteiger partial charge in [0, 0.05) is 40.9 Å². The van der Waals surface area contributed by atoms with Crippen LogP contribution in [0.2, 0.25) is 0 Å². The molecule has 0 spiro atoms. The summed E-state index contributed by atoms with van der Waals surface area (Å²) in [6.45, 7) is 1.64. The summed E-state index contributed by atoms with van der Waals surface area (Å²) in [5.41, 5.74) is 1.15. The smallest absolute Gasteiger partial charge is 0.0510 e. The quantitative estimate of drug-likeness (QED) is 0.850. The zero-order valence-corrected chi connectivity index (χ0v) is 11.6. The number of rotatable bonds is 6. The van der Waals surface area contributed by atoms with Crippen molar-refractivity contribution in [1.82, 2.24) is 5.32 Å². The standard InChI is InChI=1S/C14H21NO2S/c1-15-14(13-7-8-17-9-13)11-18(16)10-12-5-3-2-4-6-12/h2-6,13-15H,7-11H2,1H3. The minimum atomic E-state index is -0.815. The van der Waals surface area contributed by atoms with Gasteiger partial charge in [-0.3, -0.25) is 4.21 Å². The van der Waals surface area contributed by atoms with E-state index in [2.05, 4.69) is 5.32 Å². The Morgan fingerprint density at radius 1 is 1.44 bits per heavy atom. The Balaban J connectivity index is 1.85. The second-order valence-electron chi connectivity index (χ2n) is 4.76. The minimum Gasteiger partial charge on any atom is -0.381 e. The predicted molar refractivity (Wildman–Crippen MR) is 74.9 cm³/mol. The maximum Gasteiger partial charge on any atom is 0.0510 e. The van der Waals surface area contributed by atoms with Gasteiger partial charge >= 0.3 is 0 Å². The normalized spacial score (nSPS) is 22.8. The van der Waals surface area contributed by atoms with E-state index in [9.17, 15) is 4.21 Å². The second-order valence-corrected chi connectivity index (χ2v) is 6.26. The topological polar surface area (TPSA) is 38.3 Å². The van der Waals surface area contributed by atoms with Gasteiger partial charge in [0.25, 0.3) is 0 Å². The lowest BCUT2D eigenvalue weighted by atomic mass is 10.0. The highest BCUT2D eigenvalue weighted by molar-refractivity contribution is 7.84. The first-order valence-electron chi connectivity index (χ1n) is 6.43. The van der Waals surface area contributed by atoms with Crippen LogP contribution in [0.1, 0.15) is 12.0 Å². The summed E-state index contributed by atoms with van der Waals surface area (Å²) in [7, 11) is 1.13. The van der Waals surface area contributed by atoms with E-state index in [0.717, 1.165) is 25.2 Å². The van der Waals surface area contributed by atoms with Crippen molar-refractivity contribution in [2.75, 3.05) is 26.0 Å². The van der Waals surface area contributed by atoms with Crippen LogP contribution in [-0.2, 0) is 21.3 Å². The molecule has 2 rings (SSSR count). The summed E-state index contributed by atoms with van der Waals surface area (Å²) < 4.78 is 17.6. The zero-order valence-electron chi connectivity index (χ0n) is 10.8. The molecule has 3 atom stereocenters. The first kappa shape index (κ1) is 13.7. The summed E-state index contributed by atoms with van der Waals surface area (Å²) >= 11 is 0. The Hall–Kier alpha value is -0.710. The third kappa shape index (κ3) is 3.90. The van der Waals surface area contributed by atoms with Crippen molar-refractivity contribution in [1.29, 1.82) is 0 Å². The molecule has 0 radical (unpaired) electrons. The van der Waals surface area contributed by atoms with Gasteiger partial charge in [-0.1, -0.05) is 30.3 Å². The molecule has 1 aromatic carbocycles. The third-order valence-electron chi connectivity index (χ3n) is 3.44. The Labute approximate surface area is 111 Å². The SMILES string of the molecule is CNC(CS(=O)Cc1ccccc1)C1CCOC1. The molecule has 100 valence electrons. The maximum atomic E-state index is 12.2. The first-order valence-corrected chi connectivity index (χ1v) is 7.92. The van der Waals surface area contributed by atoms with E-state index >= 15 is 0 Å². The van der Waals surface area contributed by atoms with Crippen molar-refractivity contribution in [3.8, 4) is 0 Å². The van der Waals surface area contributed by atoms with Gasteiger partial charge in [-0.15, -0.1) is 0 Å². The van der Waals surface area contributed by atoms with Gasteiger partial charge in [0.05, 0.1) is 6.61 Å². The van der Waals surface area contributed by atoms with Gasteiger partial charge in [-0.25, -0.2) is 0 Å². The molecule has 1 aliphatic rings.